The molecule has 0 N–H and O–H groups in total. The summed E-state index contributed by atoms with van der Waals surface area (Å²) >= 11 is 3.07. The number of thioether (sulfide) groups is 1. The van der Waals surface area contributed by atoms with E-state index in [0.717, 1.165) is 29.5 Å². The molecule has 0 unspecified atom stereocenters. The lowest BCUT2D eigenvalue weighted by atomic mass is 10.1. The van der Waals surface area contributed by atoms with E-state index in [1.165, 1.54) is 29.0 Å². The predicted molar refractivity (Wildman–Crippen MR) is 93.9 cm³/mol. The third-order valence-corrected chi connectivity index (χ3v) is 5.34. The van der Waals surface area contributed by atoms with Crippen LogP contribution in [0.25, 0.3) is 21.5 Å². The number of nitrogens with zero attached hydrogens (tertiary/aromatic N) is 3. The lowest BCUT2D eigenvalue weighted by Gasteiger charge is -2.08. The average molecular weight is 347 g/mol. The first kappa shape index (κ1) is 16.0. The maximum absolute atomic E-state index is 11.4. The minimum atomic E-state index is -0.261. The smallest absolute Gasteiger partial charge is 0.316 e. The molecular weight excluding hydrogens is 330 g/mol. The van der Waals surface area contributed by atoms with E-state index in [1.807, 2.05) is 12.1 Å². The SMILES string of the molecule is CCCn1c(SCC(=O)OC)nnc1-c1csc2ccccc12. The summed E-state index contributed by atoms with van der Waals surface area (Å²) in [5, 5.41) is 12.7. The van der Waals surface area contributed by atoms with Gasteiger partial charge in [0.2, 0.25) is 0 Å². The highest BCUT2D eigenvalue weighted by Gasteiger charge is 2.17. The Hall–Kier alpha value is -1.86. The Labute approximate surface area is 142 Å². The van der Waals surface area contributed by atoms with Crippen LogP contribution in [0, 0.1) is 0 Å². The van der Waals surface area contributed by atoms with Crippen molar-refractivity contribution in [1.82, 2.24) is 14.8 Å². The van der Waals surface area contributed by atoms with Crippen LogP contribution in [0.1, 0.15) is 13.3 Å². The minimum absolute atomic E-state index is 0.239. The van der Waals surface area contributed by atoms with Gasteiger partial charge >= 0.3 is 5.97 Å². The Bertz CT molecular complexity index is 826. The number of hydrogen-bond acceptors (Lipinski definition) is 6. The second-order valence-corrected chi connectivity index (χ2v) is 6.82. The van der Waals surface area contributed by atoms with Crippen molar-refractivity contribution < 1.29 is 9.53 Å². The highest BCUT2D eigenvalue weighted by atomic mass is 32.2. The van der Waals surface area contributed by atoms with Gasteiger partial charge in [-0.25, -0.2) is 0 Å². The quantitative estimate of drug-likeness (QED) is 0.501. The van der Waals surface area contributed by atoms with Gasteiger partial charge in [0.1, 0.15) is 0 Å². The zero-order chi connectivity index (χ0) is 16.2. The summed E-state index contributed by atoms with van der Waals surface area (Å²) in [4.78, 5) is 11.4. The van der Waals surface area contributed by atoms with Gasteiger partial charge in [-0.3, -0.25) is 4.79 Å². The highest BCUT2D eigenvalue weighted by Crippen LogP contribution is 2.34. The lowest BCUT2D eigenvalue weighted by Crippen LogP contribution is -2.06. The zero-order valence-electron chi connectivity index (χ0n) is 13.0. The fourth-order valence-corrected chi connectivity index (χ4v) is 4.09. The van der Waals surface area contributed by atoms with E-state index >= 15 is 0 Å². The van der Waals surface area contributed by atoms with E-state index in [-0.39, 0.29) is 11.7 Å². The lowest BCUT2D eigenvalue weighted by molar-refractivity contribution is -0.137. The molecule has 1 aromatic carbocycles. The van der Waals surface area contributed by atoms with Crippen molar-refractivity contribution in [1.29, 1.82) is 0 Å². The van der Waals surface area contributed by atoms with E-state index in [2.05, 4.69) is 39.2 Å². The molecule has 0 aliphatic heterocycles. The molecule has 0 atom stereocenters. The summed E-state index contributed by atoms with van der Waals surface area (Å²) in [7, 11) is 1.39. The molecule has 3 aromatic rings. The van der Waals surface area contributed by atoms with Gasteiger partial charge in [0.15, 0.2) is 11.0 Å². The van der Waals surface area contributed by atoms with Gasteiger partial charge < -0.3 is 9.30 Å². The van der Waals surface area contributed by atoms with Crippen LogP contribution in [0.4, 0.5) is 0 Å². The van der Waals surface area contributed by atoms with Crippen LogP contribution < -0.4 is 0 Å². The maximum atomic E-state index is 11.4. The average Bonchev–Trinajstić information content (AvgIpc) is 3.17. The molecule has 7 heteroatoms. The molecule has 5 nitrogen and oxygen atoms in total. The molecule has 120 valence electrons. The van der Waals surface area contributed by atoms with Crippen molar-refractivity contribution in [3.8, 4) is 11.4 Å². The number of ether oxygens (including phenoxy) is 1. The number of hydrogen-bond donors (Lipinski definition) is 0. The molecule has 2 aromatic heterocycles. The van der Waals surface area contributed by atoms with Crippen LogP contribution in [0.3, 0.4) is 0 Å². The fourth-order valence-electron chi connectivity index (χ4n) is 2.35. The number of fused-ring (bicyclic) bond motifs is 1. The van der Waals surface area contributed by atoms with E-state index in [1.54, 1.807) is 11.3 Å². The van der Waals surface area contributed by atoms with Crippen LogP contribution in [0.15, 0.2) is 34.8 Å². The van der Waals surface area contributed by atoms with Crippen LogP contribution in [0.2, 0.25) is 0 Å². The Morgan fingerprint density at radius 3 is 2.96 bits per heavy atom. The standard InChI is InChI=1S/C16H17N3O2S2/c1-3-8-19-15(17-18-16(19)23-10-14(20)21-2)12-9-22-13-7-5-4-6-11(12)13/h4-7,9H,3,8,10H2,1-2H3. The summed E-state index contributed by atoms with van der Waals surface area (Å²) in [6.07, 6.45) is 0.971. The Morgan fingerprint density at radius 2 is 2.17 bits per heavy atom. The number of aromatic nitrogens is 3. The molecular formula is C16H17N3O2S2. The van der Waals surface area contributed by atoms with Crippen molar-refractivity contribution >= 4 is 39.2 Å². The summed E-state index contributed by atoms with van der Waals surface area (Å²) in [6.45, 7) is 2.93. The minimum Gasteiger partial charge on any atom is -0.468 e. The Kier molecular flexibility index (Phi) is 4.97. The molecule has 0 saturated carbocycles. The number of thiophene rings is 1. The first-order valence-corrected chi connectivity index (χ1v) is 9.20. The molecule has 2 heterocycles. The number of carbonyl (C=O) groups is 1. The van der Waals surface area contributed by atoms with Crippen molar-refractivity contribution in [3.63, 3.8) is 0 Å². The largest absolute Gasteiger partial charge is 0.468 e. The van der Waals surface area contributed by atoms with Gasteiger partial charge in [0.05, 0.1) is 12.9 Å². The first-order chi connectivity index (χ1) is 11.2. The Morgan fingerprint density at radius 1 is 1.35 bits per heavy atom. The van der Waals surface area contributed by atoms with Crippen molar-refractivity contribution in [2.75, 3.05) is 12.9 Å². The topological polar surface area (TPSA) is 57.0 Å². The Balaban J connectivity index is 1.99. The predicted octanol–water partition coefficient (Wildman–Crippen LogP) is 3.83. The fraction of sp³-hybridized carbons (Fsp3) is 0.312. The molecule has 0 bridgehead atoms. The van der Waals surface area contributed by atoms with E-state index in [9.17, 15) is 4.79 Å². The monoisotopic (exact) mass is 347 g/mol. The van der Waals surface area contributed by atoms with Gasteiger partial charge in [-0.15, -0.1) is 21.5 Å². The van der Waals surface area contributed by atoms with Gasteiger partial charge in [-0.2, -0.15) is 0 Å². The van der Waals surface area contributed by atoms with Gasteiger partial charge in [0.25, 0.3) is 0 Å². The van der Waals surface area contributed by atoms with E-state index < -0.39 is 0 Å². The molecule has 0 amide bonds. The summed E-state index contributed by atoms with van der Waals surface area (Å²) < 4.78 is 8.01. The van der Waals surface area contributed by atoms with Crippen molar-refractivity contribution in [3.05, 3.63) is 29.6 Å². The molecule has 3 rings (SSSR count). The number of carbonyl (C=O) groups excluding carboxylic acids is 1. The summed E-state index contributed by atoms with van der Waals surface area (Å²) in [5.74, 6) is 0.836. The van der Waals surface area contributed by atoms with Crippen LogP contribution >= 0.6 is 23.1 Å². The second-order valence-electron chi connectivity index (χ2n) is 4.97. The first-order valence-electron chi connectivity index (χ1n) is 7.34. The summed E-state index contributed by atoms with van der Waals surface area (Å²) in [6, 6.07) is 8.29. The molecule has 0 aliphatic rings. The number of rotatable bonds is 6. The van der Waals surface area contributed by atoms with Gasteiger partial charge in [0, 0.05) is 27.6 Å². The molecule has 23 heavy (non-hydrogen) atoms. The van der Waals surface area contributed by atoms with Crippen molar-refractivity contribution in [2.45, 2.75) is 25.0 Å². The molecule has 0 fully saturated rings. The van der Waals surface area contributed by atoms with E-state index in [0.29, 0.717) is 0 Å². The zero-order valence-corrected chi connectivity index (χ0v) is 14.6. The van der Waals surface area contributed by atoms with E-state index in [4.69, 9.17) is 4.74 Å². The van der Waals surface area contributed by atoms with Crippen LogP contribution in [0.5, 0.6) is 0 Å². The van der Waals surface area contributed by atoms with Crippen LogP contribution in [-0.4, -0.2) is 33.6 Å². The molecule has 0 radical (unpaired) electrons. The third-order valence-electron chi connectivity index (χ3n) is 3.43. The van der Waals surface area contributed by atoms with Crippen LogP contribution in [-0.2, 0) is 16.1 Å². The van der Waals surface area contributed by atoms with Crippen molar-refractivity contribution in [2.24, 2.45) is 0 Å². The number of esters is 1. The normalized spacial score (nSPS) is 11.0. The number of methoxy groups -OCH3 is 1. The highest BCUT2D eigenvalue weighted by molar-refractivity contribution is 7.99. The molecule has 0 saturated heterocycles. The summed E-state index contributed by atoms with van der Waals surface area (Å²) in [5.41, 5.74) is 1.09. The van der Waals surface area contributed by atoms with Gasteiger partial charge in [-0.05, 0) is 12.5 Å². The molecule has 0 spiro atoms. The maximum Gasteiger partial charge on any atom is 0.316 e. The van der Waals surface area contributed by atoms with Gasteiger partial charge in [-0.1, -0.05) is 36.9 Å². The second kappa shape index (κ2) is 7.14. The number of benzene rings is 1. The third kappa shape index (κ3) is 3.25. The molecule has 0 aliphatic carbocycles.